The average Bonchev–Trinajstić information content (AvgIpc) is 2.60. The molecule has 0 aliphatic heterocycles. The van der Waals surface area contributed by atoms with Crippen LogP contribution in [-0.2, 0) is 12.8 Å². The van der Waals surface area contributed by atoms with Gasteiger partial charge in [0.2, 0.25) is 0 Å². The summed E-state index contributed by atoms with van der Waals surface area (Å²) in [6.45, 7) is 2.14. The molecule has 2 amide bonds. The average molecular weight is 314 g/mol. The van der Waals surface area contributed by atoms with Crippen LogP contribution >= 0.6 is 0 Å². The maximum Gasteiger partial charge on any atom is 0.315 e. The van der Waals surface area contributed by atoms with Crippen molar-refractivity contribution in [3.05, 3.63) is 34.9 Å². The Hall–Kier alpha value is -1.51. The van der Waals surface area contributed by atoms with E-state index in [2.05, 4.69) is 35.8 Å². The second-order valence-corrected chi connectivity index (χ2v) is 7.15. The van der Waals surface area contributed by atoms with E-state index in [0.717, 1.165) is 19.3 Å². The van der Waals surface area contributed by atoms with Crippen molar-refractivity contribution in [3.63, 3.8) is 0 Å². The molecule has 0 radical (unpaired) electrons. The molecule has 23 heavy (non-hydrogen) atoms. The Kier molecular flexibility index (Phi) is 5.58. The van der Waals surface area contributed by atoms with Crippen LogP contribution in [0.1, 0.15) is 81.0 Å². The lowest BCUT2D eigenvalue weighted by Gasteiger charge is -2.25. The molecule has 0 saturated heterocycles. The number of rotatable bonds is 4. The predicted molar refractivity (Wildman–Crippen MR) is 94.7 cm³/mol. The number of aryl methyl sites for hydroxylation is 2. The summed E-state index contributed by atoms with van der Waals surface area (Å²) in [7, 11) is 0. The van der Waals surface area contributed by atoms with Crippen molar-refractivity contribution in [1.82, 2.24) is 10.6 Å². The molecule has 1 unspecified atom stereocenters. The number of nitrogens with one attached hydrogen (secondary N) is 2. The van der Waals surface area contributed by atoms with Crippen LogP contribution in [-0.4, -0.2) is 12.1 Å². The largest absolute Gasteiger partial charge is 0.335 e. The molecule has 0 heterocycles. The molecular weight excluding hydrogens is 284 g/mol. The fourth-order valence-corrected chi connectivity index (χ4v) is 4.02. The number of benzene rings is 1. The highest BCUT2D eigenvalue weighted by atomic mass is 16.2. The first-order valence-corrected chi connectivity index (χ1v) is 9.45. The summed E-state index contributed by atoms with van der Waals surface area (Å²) in [5.74, 6) is 0. The summed E-state index contributed by atoms with van der Waals surface area (Å²) in [5.41, 5.74) is 4.25. The van der Waals surface area contributed by atoms with Crippen LogP contribution in [0.2, 0.25) is 0 Å². The van der Waals surface area contributed by atoms with Gasteiger partial charge < -0.3 is 10.6 Å². The van der Waals surface area contributed by atoms with Gasteiger partial charge in [-0.1, -0.05) is 44.4 Å². The van der Waals surface area contributed by atoms with Gasteiger partial charge in [-0.3, -0.25) is 0 Å². The van der Waals surface area contributed by atoms with Crippen molar-refractivity contribution in [3.8, 4) is 0 Å². The van der Waals surface area contributed by atoms with Crippen LogP contribution < -0.4 is 10.6 Å². The topological polar surface area (TPSA) is 41.1 Å². The summed E-state index contributed by atoms with van der Waals surface area (Å²) in [6.07, 6.45) is 12.0. The van der Waals surface area contributed by atoms with Gasteiger partial charge in [0.15, 0.2) is 0 Å². The third kappa shape index (κ3) is 4.27. The van der Waals surface area contributed by atoms with Gasteiger partial charge in [0.1, 0.15) is 0 Å². The van der Waals surface area contributed by atoms with Crippen molar-refractivity contribution in [2.24, 2.45) is 0 Å². The molecule has 1 saturated carbocycles. The Morgan fingerprint density at radius 3 is 2.57 bits per heavy atom. The van der Waals surface area contributed by atoms with Crippen molar-refractivity contribution in [2.45, 2.75) is 83.2 Å². The van der Waals surface area contributed by atoms with Crippen LogP contribution in [0, 0.1) is 0 Å². The maximum atomic E-state index is 12.3. The Morgan fingerprint density at radius 2 is 1.83 bits per heavy atom. The summed E-state index contributed by atoms with van der Waals surface area (Å²) in [6, 6.07) is 7.28. The molecule has 2 aliphatic rings. The summed E-state index contributed by atoms with van der Waals surface area (Å²) in [5, 5.41) is 6.35. The third-order valence-electron chi connectivity index (χ3n) is 5.43. The molecular formula is C20H30N2O. The Bertz CT molecular complexity index is 534. The van der Waals surface area contributed by atoms with Gasteiger partial charge in [-0.05, 0) is 61.6 Å². The quantitative estimate of drug-likeness (QED) is 0.834. The number of urea groups is 1. The SMILES string of the molecule is CCC(NC(=O)NC1CCCCC1)c1ccc2c(c1)CCCC2. The number of carbonyl (C=O) groups excluding carboxylic acids is 1. The summed E-state index contributed by atoms with van der Waals surface area (Å²) >= 11 is 0. The Labute approximate surface area is 140 Å². The first kappa shape index (κ1) is 16.4. The highest BCUT2D eigenvalue weighted by Gasteiger charge is 2.19. The van der Waals surface area contributed by atoms with Crippen molar-refractivity contribution in [1.29, 1.82) is 0 Å². The molecule has 3 nitrogen and oxygen atoms in total. The number of hydrogen-bond acceptors (Lipinski definition) is 1. The van der Waals surface area contributed by atoms with Gasteiger partial charge in [-0.25, -0.2) is 4.79 Å². The van der Waals surface area contributed by atoms with Gasteiger partial charge in [0, 0.05) is 6.04 Å². The van der Waals surface area contributed by atoms with E-state index in [1.807, 2.05) is 0 Å². The molecule has 0 aromatic heterocycles. The molecule has 0 spiro atoms. The molecule has 1 fully saturated rings. The van der Waals surface area contributed by atoms with E-state index in [0.29, 0.717) is 6.04 Å². The zero-order valence-electron chi connectivity index (χ0n) is 14.4. The fourth-order valence-electron chi connectivity index (χ4n) is 4.02. The van der Waals surface area contributed by atoms with E-state index in [4.69, 9.17) is 0 Å². The first-order chi connectivity index (χ1) is 11.3. The number of carbonyl (C=O) groups is 1. The number of amides is 2. The molecule has 3 heteroatoms. The molecule has 2 aliphatic carbocycles. The highest BCUT2D eigenvalue weighted by molar-refractivity contribution is 5.74. The van der Waals surface area contributed by atoms with Crippen LogP contribution in [0.5, 0.6) is 0 Å². The van der Waals surface area contributed by atoms with Gasteiger partial charge in [0.25, 0.3) is 0 Å². The van der Waals surface area contributed by atoms with Crippen molar-refractivity contribution in [2.75, 3.05) is 0 Å². The molecule has 2 N–H and O–H groups in total. The monoisotopic (exact) mass is 314 g/mol. The molecule has 0 bridgehead atoms. The maximum absolute atomic E-state index is 12.3. The van der Waals surface area contributed by atoms with Crippen LogP contribution in [0.15, 0.2) is 18.2 Å². The normalized spacial score (nSPS) is 19.7. The molecule has 1 aromatic rings. The fraction of sp³-hybridized carbons (Fsp3) is 0.650. The van der Waals surface area contributed by atoms with E-state index >= 15 is 0 Å². The van der Waals surface area contributed by atoms with E-state index < -0.39 is 0 Å². The van der Waals surface area contributed by atoms with Gasteiger partial charge in [0.05, 0.1) is 6.04 Å². The van der Waals surface area contributed by atoms with Gasteiger partial charge in [-0.15, -0.1) is 0 Å². The van der Waals surface area contributed by atoms with Crippen LogP contribution in [0.3, 0.4) is 0 Å². The lowest BCUT2D eigenvalue weighted by molar-refractivity contribution is 0.228. The number of hydrogen-bond donors (Lipinski definition) is 2. The molecule has 3 rings (SSSR count). The van der Waals surface area contributed by atoms with Crippen LogP contribution in [0.4, 0.5) is 4.79 Å². The minimum Gasteiger partial charge on any atom is -0.335 e. The highest BCUT2D eigenvalue weighted by Crippen LogP contribution is 2.26. The van der Waals surface area contributed by atoms with Crippen molar-refractivity contribution >= 4 is 6.03 Å². The zero-order valence-corrected chi connectivity index (χ0v) is 14.4. The minimum absolute atomic E-state index is 0.00136. The van der Waals surface area contributed by atoms with E-state index in [9.17, 15) is 4.79 Å². The standard InChI is InChI=1S/C20H30N2O/c1-2-19(22-20(23)21-18-10-4-3-5-11-18)17-13-12-15-8-6-7-9-16(15)14-17/h12-14,18-19H,2-11H2,1H3,(H2,21,22,23). The first-order valence-electron chi connectivity index (χ1n) is 9.45. The lowest BCUT2D eigenvalue weighted by atomic mass is 9.89. The predicted octanol–water partition coefficient (Wildman–Crippen LogP) is 4.65. The number of fused-ring (bicyclic) bond motifs is 1. The Balaban J connectivity index is 1.61. The van der Waals surface area contributed by atoms with E-state index in [-0.39, 0.29) is 12.1 Å². The molecule has 1 aromatic carbocycles. The lowest BCUT2D eigenvalue weighted by Crippen LogP contribution is -2.44. The van der Waals surface area contributed by atoms with Gasteiger partial charge in [-0.2, -0.15) is 0 Å². The smallest absolute Gasteiger partial charge is 0.315 e. The Morgan fingerprint density at radius 1 is 1.09 bits per heavy atom. The van der Waals surface area contributed by atoms with Crippen molar-refractivity contribution < 1.29 is 4.79 Å². The second kappa shape index (κ2) is 7.85. The summed E-state index contributed by atoms with van der Waals surface area (Å²) in [4.78, 5) is 12.3. The van der Waals surface area contributed by atoms with Crippen LogP contribution in [0.25, 0.3) is 0 Å². The minimum atomic E-state index is 0.00136. The zero-order chi connectivity index (χ0) is 16.1. The van der Waals surface area contributed by atoms with Gasteiger partial charge >= 0.3 is 6.03 Å². The second-order valence-electron chi connectivity index (χ2n) is 7.15. The summed E-state index contributed by atoms with van der Waals surface area (Å²) < 4.78 is 0. The molecule has 126 valence electrons. The van der Waals surface area contributed by atoms with E-state index in [1.54, 1.807) is 0 Å². The molecule has 1 atom stereocenters. The third-order valence-corrected chi connectivity index (χ3v) is 5.43. The van der Waals surface area contributed by atoms with E-state index in [1.165, 1.54) is 61.6 Å².